The monoisotopic (exact) mass is 831 g/mol. The molecule has 0 aliphatic carbocycles. The van der Waals surface area contributed by atoms with E-state index in [2.05, 4.69) is 89.9 Å². The number of fused-ring (bicyclic) bond motifs is 2. The Morgan fingerprint density at radius 1 is 0.797 bits per heavy atom. The minimum Gasteiger partial charge on any atom is -0.452 e. The third kappa shape index (κ3) is 7.92. The van der Waals surface area contributed by atoms with Crippen LogP contribution in [0.4, 0.5) is 0 Å². The van der Waals surface area contributed by atoms with Crippen LogP contribution < -0.4 is 10.1 Å². The Bertz CT molecular complexity index is 3150. The van der Waals surface area contributed by atoms with E-state index in [0.29, 0.717) is 28.7 Å². The highest BCUT2D eigenvalue weighted by Gasteiger charge is 2.34. The molecule has 1 atom stereocenters. The zero-order chi connectivity index (χ0) is 44.0. The van der Waals surface area contributed by atoms with E-state index in [1.165, 1.54) is 0 Å². The van der Waals surface area contributed by atoms with Crippen molar-refractivity contribution in [2.75, 3.05) is 0 Å². The van der Waals surface area contributed by atoms with Gasteiger partial charge in [-0.2, -0.15) is 0 Å². The number of hydrogen-bond donors (Lipinski definition) is 1. The molecule has 5 aromatic carbocycles. The molecule has 7 aromatic rings. The van der Waals surface area contributed by atoms with E-state index in [1.807, 2.05) is 134 Å². The van der Waals surface area contributed by atoms with Crippen LogP contribution in [0.3, 0.4) is 0 Å². The summed E-state index contributed by atoms with van der Waals surface area (Å²) in [4.78, 5) is 25.4. The SMILES string of the molecule is C=C/C=C(\C=C/C)c1cc(-c2ccccc2)nc(CN=C2/C(=C(\N=C)C3N=C(c4ccccc4)C=C(c4ccccc4)N3)Oc3ccc(-n4c(C=C)c(C=C)c5ccccc54)cc32)n1. The second-order valence-electron chi connectivity index (χ2n) is 15.0. The number of allylic oxidation sites excluding steroid dienone is 7. The molecule has 0 radical (unpaired) electrons. The van der Waals surface area contributed by atoms with Crippen molar-refractivity contribution in [2.24, 2.45) is 15.0 Å². The maximum Gasteiger partial charge on any atom is 0.178 e. The van der Waals surface area contributed by atoms with Crippen molar-refractivity contribution in [3.8, 4) is 22.7 Å². The maximum atomic E-state index is 6.85. The molecule has 4 heterocycles. The first-order chi connectivity index (χ1) is 31.5. The lowest BCUT2D eigenvalue weighted by Gasteiger charge is -2.25. The molecular formula is C56H45N7O. The summed E-state index contributed by atoms with van der Waals surface area (Å²) in [5.41, 5.74) is 12.7. The van der Waals surface area contributed by atoms with Crippen LogP contribution in [0.2, 0.25) is 0 Å². The Morgan fingerprint density at radius 2 is 1.50 bits per heavy atom. The summed E-state index contributed by atoms with van der Waals surface area (Å²) in [6.45, 7) is 18.5. The normalized spacial score (nSPS) is 16.1. The molecule has 0 fully saturated rings. The zero-order valence-electron chi connectivity index (χ0n) is 35.5. The molecule has 2 aliphatic heterocycles. The molecule has 8 nitrogen and oxygen atoms in total. The lowest BCUT2D eigenvalue weighted by molar-refractivity contribution is 0.453. The summed E-state index contributed by atoms with van der Waals surface area (Å²) in [6.07, 6.45) is 12.8. The van der Waals surface area contributed by atoms with Gasteiger partial charge in [-0.15, -0.1) is 0 Å². The highest BCUT2D eigenvalue weighted by Crippen LogP contribution is 2.39. The molecule has 2 aromatic heterocycles. The van der Waals surface area contributed by atoms with Gasteiger partial charge in [-0.3, -0.25) is 15.0 Å². The average molecular weight is 832 g/mol. The Morgan fingerprint density at radius 3 is 2.19 bits per heavy atom. The molecule has 1 unspecified atom stereocenters. The van der Waals surface area contributed by atoms with Gasteiger partial charge in [0.1, 0.15) is 17.2 Å². The van der Waals surface area contributed by atoms with Crippen molar-refractivity contribution in [1.29, 1.82) is 0 Å². The first-order valence-corrected chi connectivity index (χ1v) is 21.0. The van der Waals surface area contributed by atoms with Crippen LogP contribution in [0.1, 0.15) is 46.4 Å². The van der Waals surface area contributed by atoms with Gasteiger partial charge < -0.3 is 14.6 Å². The molecule has 64 heavy (non-hydrogen) atoms. The summed E-state index contributed by atoms with van der Waals surface area (Å²) >= 11 is 0. The van der Waals surface area contributed by atoms with E-state index in [1.54, 1.807) is 6.08 Å². The van der Waals surface area contributed by atoms with Gasteiger partial charge in [-0.1, -0.05) is 159 Å². The van der Waals surface area contributed by atoms with Gasteiger partial charge in [0.2, 0.25) is 0 Å². The number of para-hydroxylation sites is 1. The second kappa shape index (κ2) is 18.2. The molecule has 0 bridgehead atoms. The van der Waals surface area contributed by atoms with Crippen LogP contribution in [0.5, 0.6) is 5.75 Å². The largest absolute Gasteiger partial charge is 0.452 e. The van der Waals surface area contributed by atoms with Crippen molar-refractivity contribution in [3.63, 3.8) is 0 Å². The van der Waals surface area contributed by atoms with E-state index in [0.717, 1.165) is 78.5 Å². The number of aromatic nitrogens is 3. The Balaban J connectivity index is 1.24. The molecular weight excluding hydrogens is 787 g/mol. The van der Waals surface area contributed by atoms with Crippen LogP contribution in [0.15, 0.2) is 216 Å². The average Bonchev–Trinajstić information content (AvgIpc) is 3.88. The van der Waals surface area contributed by atoms with E-state index in [-0.39, 0.29) is 6.54 Å². The van der Waals surface area contributed by atoms with Crippen molar-refractivity contribution in [1.82, 2.24) is 19.9 Å². The smallest absolute Gasteiger partial charge is 0.178 e. The van der Waals surface area contributed by atoms with Crippen LogP contribution in [0.25, 0.3) is 51.3 Å². The minimum absolute atomic E-state index is 0.123. The van der Waals surface area contributed by atoms with Crippen LogP contribution in [-0.2, 0) is 6.54 Å². The van der Waals surface area contributed by atoms with E-state index in [9.17, 15) is 0 Å². The Labute approximate surface area is 373 Å². The molecule has 0 amide bonds. The highest BCUT2D eigenvalue weighted by atomic mass is 16.5. The number of nitrogens with zero attached hydrogens (tertiary/aromatic N) is 6. The number of nitrogens with one attached hydrogen (secondary N) is 1. The van der Waals surface area contributed by atoms with Crippen molar-refractivity contribution >= 4 is 52.5 Å². The van der Waals surface area contributed by atoms with Gasteiger partial charge in [0.15, 0.2) is 17.7 Å². The van der Waals surface area contributed by atoms with Gasteiger partial charge in [0.05, 0.1) is 34.9 Å². The van der Waals surface area contributed by atoms with Crippen molar-refractivity contribution in [2.45, 2.75) is 19.6 Å². The quantitative estimate of drug-likeness (QED) is 0.0926. The lowest BCUT2D eigenvalue weighted by Crippen LogP contribution is -2.34. The van der Waals surface area contributed by atoms with Crippen LogP contribution in [-0.4, -0.2) is 38.8 Å². The third-order valence-corrected chi connectivity index (χ3v) is 11.1. The topological polar surface area (TPSA) is 89.0 Å². The van der Waals surface area contributed by atoms with Gasteiger partial charge in [0.25, 0.3) is 0 Å². The Kier molecular flexibility index (Phi) is 11.7. The molecule has 310 valence electrons. The molecule has 1 N–H and O–H groups in total. The van der Waals surface area contributed by atoms with Gasteiger partial charge in [-0.05, 0) is 72.8 Å². The summed E-state index contributed by atoms with van der Waals surface area (Å²) in [6, 6.07) is 46.7. The minimum atomic E-state index is -0.686. The van der Waals surface area contributed by atoms with Crippen molar-refractivity contribution in [3.05, 3.63) is 241 Å². The van der Waals surface area contributed by atoms with E-state index >= 15 is 0 Å². The summed E-state index contributed by atoms with van der Waals surface area (Å²) < 4.78 is 9.04. The number of ether oxygens (including phenoxy) is 1. The summed E-state index contributed by atoms with van der Waals surface area (Å²) in [5, 5.41) is 4.72. The van der Waals surface area contributed by atoms with Gasteiger partial charge in [0, 0.05) is 33.5 Å². The lowest BCUT2D eigenvalue weighted by atomic mass is 10.0. The second-order valence-corrected chi connectivity index (χ2v) is 15.0. The van der Waals surface area contributed by atoms with Gasteiger partial charge in [-0.25, -0.2) is 9.97 Å². The summed E-state index contributed by atoms with van der Waals surface area (Å²) in [7, 11) is 0. The van der Waals surface area contributed by atoms with Crippen LogP contribution in [0, 0.1) is 0 Å². The van der Waals surface area contributed by atoms with Crippen molar-refractivity contribution < 1.29 is 4.74 Å². The third-order valence-electron chi connectivity index (χ3n) is 11.1. The number of rotatable bonds is 13. The first-order valence-electron chi connectivity index (χ1n) is 21.0. The predicted octanol–water partition coefficient (Wildman–Crippen LogP) is 12.3. The molecule has 2 aliphatic rings. The van der Waals surface area contributed by atoms with E-state index < -0.39 is 6.17 Å². The van der Waals surface area contributed by atoms with Crippen LogP contribution >= 0.6 is 0 Å². The fourth-order valence-electron chi connectivity index (χ4n) is 8.17. The number of benzene rings is 5. The predicted molar refractivity (Wildman–Crippen MR) is 266 cm³/mol. The van der Waals surface area contributed by atoms with Gasteiger partial charge >= 0.3 is 0 Å². The fraction of sp³-hybridized carbons (Fsp3) is 0.0536. The molecule has 8 heteroatoms. The standard InChI is InChI=1S/C56H45N7O/c1-6-21-37(22-7-2)45-34-46(38-23-13-10-14-24-38)60-52(59-45)36-58-53-44-33-41(63-49(9-4)42(8-3)43-29-19-20-30-50(43)63)31-32-51(44)64-55(53)54(57-5)56-61-47(39-25-15-11-16-26-39)35-48(62-56)40-27-17-12-18-28-40/h6-35,56,61H,1,3-5,36H2,2H3/b22-7-,37-21+,55-54+,58-53?. The zero-order valence-corrected chi connectivity index (χ0v) is 35.5. The molecule has 9 rings (SSSR count). The first kappa shape index (κ1) is 40.9. The highest BCUT2D eigenvalue weighted by molar-refractivity contribution is 6.17. The van der Waals surface area contributed by atoms with E-state index in [4.69, 9.17) is 24.7 Å². The summed E-state index contributed by atoms with van der Waals surface area (Å²) in [5.74, 6) is 1.57. The Hall–Kier alpha value is -8.49. The number of aliphatic imine (C=N–C) groups is 3. The number of hydrogen-bond acceptors (Lipinski definition) is 7. The maximum absolute atomic E-state index is 6.85. The molecule has 0 spiro atoms. The fourth-order valence-corrected chi connectivity index (χ4v) is 8.17. The molecule has 0 saturated heterocycles. The molecule has 0 saturated carbocycles.